The van der Waals surface area contributed by atoms with E-state index >= 15 is 0 Å². The molecule has 2 heterocycles. The average Bonchev–Trinajstić information content (AvgIpc) is 3.35. The zero-order valence-electron chi connectivity index (χ0n) is 16.3. The van der Waals surface area contributed by atoms with E-state index in [4.69, 9.17) is 26.4 Å². The second kappa shape index (κ2) is 9.15. The summed E-state index contributed by atoms with van der Waals surface area (Å²) in [5.74, 6) is 0.991. The number of carbonyl (C=O) groups is 1. The third-order valence-electron chi connectivity index (χ3n) is 4.36. The van der Waals surface area contributed by atoms with E-state index in [2.05, 4.69) is 22.8 Å². The maximum atomic E-state index is 12.4. The van der Waals surface area contributed by atoms with Crippen molar-refractivity contribution in [3.8, 4) is 11.5 Å². The highest BCUT2D eigenvalue weighted by molar-refractivity contribution is 7.80. The maximum absolute atomic E-state index is 12.4. The summed E-state index contributed by atoms with van der Waals surface area (Å²) in [4.78, 5) is 13.5. The van der Waals surface area contributed by atoms with Crippen LogP contribution in [0.4, 0.5) is 10.7 Å². The van der Waals surface area contributed by atoms with Crippen LogP contribution in [0.5, 0.6) is 11.5 Å². The minimum absolute atomic E-state index is 0.212. The second-order valence-corrected chi connectivity index (χ2v) is 8.03. The Labute approximate surface area is 183 Å². The number of carbonyl (C=O) groups excluding carboxylic acids is 1. The van der Waals surface area contributed by atoms with E-state index in [0.717, 1.165) is 17.0 Å². The van der Waals surface area contributed by atoms with E-state index in [1.165, 1.54) is 16.9 Å². The van der Waals surface area contributed by atoms with Gasteiger partial charge in [-0.2, -0.15) is 0 Å². The van der Waals surface area contributed by atoms with Crippen LogP contribution in [0, 0.1) is 0 Å². The van der Waals surface area contributed by atoms with Gasteiger partial charge in [0.25, 0.3) is 0 Å². The molecular formula is C22H20N2O4S2. The minimum Gasteiger partial charge on any atom is -0.462 e. The molecule has 6 nitrogen and oxygen atoms in total. The number of ether oxygens (including phenoxy) is 3. The van der Waals surface area contributed by atoms with Gasteiger partial charge in [-0.15, -0.1) is 11.3 Å². The molecule has 2 aromatic carbocycles. The van der Waals surface area contributed by atoms with Crippen LogP contribution >= 0.6 is 23.6 Å². The fourth-order valence-corrected chi connectivity index (χ4v) is 4.39. The SMILES string of the molecule is CCOC(=O)c1cc(Cc2ccccc2)sc1NC(=S)Nc1ccc2c(c1)OCO2. The van der Waals surface area contributed by atoms with Crippen molar-refractivity contribution in [1.29, 1.82) is 0 Å². The van der Waals surface area contributed by atoms with E-state index in [1.54, 1.807) is 6.92 Å². The van der Waals surface area contributed by atoms with Crippen LogP contribution < -0.4 is 20.1 Å². The molecule has 0 saturated heterocycles. The van der Waals surface area contributed by atoms with Gasteiger partial charge >= 0.3 is 5.97 Å². The number of nitrogens with one attached hydrogen (secondary N) is 2. The molecule has 154 valence electrons. The first kappa shape index (κ1) is 20.2. The molecule has 0 fully saturated rings. The lowest BCUT2D eigenvalue weighted by atomic mass is 10.1. The average molecular weight is 441 g/mol. The fourth-order valence-electron chi connectivity index (χ4n) is 3.02. The first-order valence-electron chi connectivity index (χ1n) is 9.44. The Bertz CT molecular complexity index is 1070. The molecule has 2 N–H and O–H groups in total. The lowest BCUT2D eigenvalue weighted by Gasteiger charge is -2.11. The minimum atomic E-state index is -0.374. The molecule has 3 aromatic rings. The monoisotopic (exact) mass is 440 g/mol. The molecule has 0 radical (unpaired) electrons. The quantitative estimate of drug-likeness (QED) is 0.410. The predicted molar refractivity (Wildman–Crippen MR) is 122 cm³/mol. The van der Waals surface area contributed by atoms with Crippen molar-refractivity contribution >= 4 is 45.3 Å². The van der Waals surface area contributed by atoms with Gasteiger partial charge in [0.05, 0.1) is 12.2 Å². The van der Waals surface area contributed by atoms with Gasteiger partial charge in [0.2, 0.25) is 6.79 Å². The first-order valence-corrected chi connectivity index (χ1v) is 10.7. The number of esters is 1. The lowest BCUT2D eigenvalue weighted by Crippen LogP contribution is -2.20. The second-order valence-electron chi connectivity index (χ2n) is 6.49. The third kappa shape index (κ3) is 4.72. The summed E-state index contributed by atoms with van der Waals surface area (Å²) in [5.41, 5.74) is 2.40. The van der Waals surface area contributed by atoms with Gasteiger partial charge in [0, 0.05) is 23.1 Å². The number of rotatable bonds is 6. The van der Waals surface area contributed by atoms with Gasteiger partial charge < -0.3 is 24.8 Å². The van der Waals surface area contributed by atoms with Crippen molar-refractivity contribution in [3.05, 3.63) is 70.6 Å². The van der Waals surface area contributed by atoms with Gasteiger partial charge in [0.15, 0.2) is 16.6 Å². The predicted octanol–water partition coefficient (Wildman–Crippen LogP) is 5.05. The van der Waals surface area contributed by atoms with Crippen LogP contribution in [-0.4, -0.2) is 24.5 Å². The van der Waals surface area contributed by atoms with Crippen molar-refractivity contribution in [1.82, 2.24) is 0 Å². The third-order valence-corrected chi connectivity index (χ3v) is 5.61. The Balaban J connectivity index is 1.51. The van der Waals surface area contributed by atoms with Gasteiger partial charge in [-0.1, -0.05) is 30.3 Å². The van der Waals surface area contributed by atoms with Crippen molar-refractivity contribution in [3.63, 3.8) is 0 Å². The zero-order valence-corrected chi connectivity index (χ0v) is 17.9. The highest BCUT2D eigenvalue weighted by Gasteiger charge is 2.19. The standard InChI is InChI=1S/C22H20N2O4S2/c1-2-26-21(25)17-12-16(10-14-6-4-3-5-7-14)30-20(17)24-22(29)23-15-8-9-18-19(11-15)28-13-27-18/h3-9,11-12H,2,10,13H2,1H3,(H2,23,24,29). The molecule has 0 aliphatic carbocycles. The summed E-state index contributed by atoms with van der Waals surface area (Å²) in [5, 5.41) is 7.27. The number of anilines is 2. The molecule has 0 bridgehead atoms. The Morgan fingerprint density at radius 1 is 1.10 bits per heavy atom. The number of thiophene rings is 1. The van der Waals surface area contributed by atoms with E-state index < -0.39 is 0 Å². The van der Waals surface area contributed by atoms with Crippen LogP contribution in [0.2, 0.25) is 0 Å². The van der Waals surface area contributed by atoms with Crippen LogP contribution in [0.15, 0.2) is 54.6 Å². The summed E-state index contributed by atoms with van der Waals surface area (Å²) in [6, 6.07) is 17.4. The first-order chi connectivity index (χ1) is 14.6. The highest BCUT2D eigenvalue weighted by Crippen LogP contribution is 2.35. The molecular weight excluding hydrogens is 420 g/mol. The van der Waals surface area contributed by atoms with Crippen molar-refractivity contribution in [2.45, 2.75) is 13.3 Å². The fraction of sp³-hybridized carbons (Fsp3) is 0.182. The molecule has 1 aliphatic heterocycles. The smallest absolute Gasteiger partial charge is 0.341 e. The Hall–Kier alpha value is -3.10. The Morgan fingerprint density at radius 2 is 1.90 bits per heavy atom. The van der Waals surface area contributed by atoms with Crippen LogP contribution in [0.3, 0.4) is 0 Å². The summed E-state index contributed by atoms with van der Waals surface area (Å²) in [6.07, 6.45) is 0.724. The van der Waals surface area contributed by atoms with E-state index in [-0.39, 0.29) is 12.8 Å². The molecule has 0 saturated carbocycles. The number of benzene rings is 2. The van der Waals surface area contributed by atoms with Crippen LogP contribution in [-0.2, 0) is 11.2 Å². The number of fused-ring (bicyclic) bond motifs is 1. The molecule has 1 aliphatic rings. The van der Waals surface area contributed by atoms with E-state index in [9.17, 15) is 4.79 Å². The van der Waals surface area contributed by atoms with Gasteiger partial charge in [-0.05, 0) is 42.9 Å². The van der Waals surface area contributed by atoms with Crippen LogP contribution in [0.25, 0.3) is 0 Å². The van der Waals surface area contributed by atoms with E-state index in [1.807, 2.05) is 42.5 Å². The van der Waals surface area contributed by atoms with Crippen LogP contribution in [0.1, 0.15) is 27.7 Å². The number of thiocarbonyl (C=S) groups is 1. The molecule has 0 amide bonds. The molecule has 8 heteroatoms. The normalized spacial score (nSPS) is 11.8. The number of hydrogen-bond acceptors (Lipinski definition) is 6. The topological polar surface area (TPSA) is 68.8 Å². The number of hydrogen-bond donors (Lipinski definition) is 2. The van der Waals surface area contributed by atoms with Crippen molar-refractivity contribution < 1.29 is 19.0 Å². The molecule has 30 heavy (non-hydrogen) atoms. The summed E-state index contributed by atoms with van der Waals surface area (Å²) >= 11 is 6.94. The highest BCUT2D eigenvalue weighted by atomic mass is 32.1. The summed E-state index contributed by atoms with van der Waals surface area (Å²) in [7, 11) is 0. The van der Waals surface area contributed by atoms with Crippen molar-refractivity contribution in [2.24, 2.45) is 0 Å². The molecule has 0 atom stereocenters. The van der Waals surface area contributed by atoms with E-state index in [0.29, 0.717) is 33.8 Å². The zero-order chi connectivity index (χ0) is 20.9. The summed E-state index contributed by atoms with van der Waals surface area (Å²) < 4.78 is 15.9. The van der Waals surface area contributed by atoms with Gasteiger partial charge in [-0.3, -0.25) is 0 Å². The lowest BCUT2D eigenvalue weighted by molar-refractivity contribution is 0.0528. The van der Waals surface area contributed by atoms with Crippen molar-refractivity contribution in [2.75, 3.05) is 24.0 Å². The Morgan fingerprint density at radius 3 is 2.70 bits per heavy atom. The van der Waals surface area contributed by atoms with Gasteiger partial charge in [0.1, 0.15) is 5.00 Å². The largest absolute Gasteiger partial charge is 0.462 e. The molecule has 0 unspecified atom stereocenters. The van der Waals surface area contributed by atoms with Gasteiger partial charge in [-0.25, -0.2) is 4.79 Å². The summed E-state index contributed by atoms with van der Waals surface area (Å²) in [6.45, 7) is 2.31. The molecule has 4 rings (SSSR count). The molecule has 1 aromatic heterocycles. The molecule has 0 spiro atoms. The Kier molecular flexibility index (Phi) is 6.15. The maximum Gasteiger partial charge on any atom is 0.341 e.